The Balaban J connectivity index is 1.82. The molecule has 2 aromatic heterocycles. The SMILES string of the molecule is C=CC1=C[C@@H](n2ccc3c(CC)ncnc32)[C@@H]2OC(C)(C)O[C@H]12. The van der Waals surface area contributed by atoms with Crippen LogP contribution in [0.3, 0.4) is 0 Å². The molecule has 4 rings (SSSR count). The van der Waals surface area contributed by atoms with Crippen molar-refractivity contribution in [1.29, 1.82) is 0 Å². The van der Waals surface area contributed by atoms with E-state index in [0.717, 1.165) is 28.7 Å². The first-order valence-corrected chi connectivity index (χ1v) is 8.04. The third-order valence-electron chi connectivity index (χ3n) is 4.64. The summed E-state index contributed by atoms with van der Waals surface area (Å²) in [7, 11) is 0. The van der Waals surface area contributed by atoms with Gasteiger partial charge in [0.15, 0.2) is 5.79 Å². The third kappa shape index (κ3) is 2.15. The van der Waals surface area contributed by atoms with Gasteiger partial charge in [0.1, 0.15) is 24.2 Å². The van der Waals surface area contributed by atoms with Gasteiger partial charge < -0.3 is 14.0 Å². The number of hydrogen-bond acceptors (Lipinski definition) is 4. The molecule has 3 atom stereocenters. The highest BCUT2D eigenvalue weighted by molar-refractivity contribution is 5.78. The zero-order valence-corrected chi connectivity index (χ0v) is 13.7. The van der Waals surface area contributed by atoms with E-state index in [2.05, 4.69) is 46.4 Å². The van der Waals surface area contributed by atoms with Crippen molar-refractivity contribution in [3.63, 3.8) is 0 Å². The molecule has 5 nitrogen and oxygen atoms in total. The molecule has 1 saturated heterocycles. The largest absolute Gasteiger partial charge is 0.342 e. The van der Waals surface area contributed by atoms with E-state index in [1.54, 1.807) is 6.33 Å². The zero-order valence-electron chi connectivity index (χ0n) is 13.7. The molecule has 0 unspecified atom stereocenters. The van der Waals surface area contributed by atoms with E-state index in [0.29, 0.717) is 0 Å². The van der Waals surface area contributed by atoms with Gasteiger partial charge in [0.05, 0.1) is 11.7 Å². The molecule has 0 radical (unpaired) electrons. The Morgan fingerprint density at radius 2 is 2.17 bits per heavy atom. The first-order valence-electron chi connectivity index (χ1n) is 8.04. The lowest BCUT2D eigenvalue weighted by molar-refractivity contribution is -0.147. The molecule has 2 aliphatic rings. The molecule has 0 amide bonds. The molecular weight excluding hydrogens is 290 g/mol. The topological polar surface area (TPSA) is 49.2 Å². The lowest BCUT2D eigenvalue weighted by atomic mass is 10.1. The van der Waals surface area contributed by atoms with Crippen LogP contribution >= 0.6 is 0 Å². The summed E-state index contributed by atoms with van der Waals surface area (Å²) in [5.74, 6) is -0.581. The number of fused-ring (bicyclic) bond motifs is 2. The van der Waals surface area contributed by atoms with Crippen LogP contribution in [0.2, 0.25) is 0 Å². The van der Waals surface area contributed by atoms with E-state index in [-0.39, 0.29) is 18.2 Å². The normalized spacial score (nSPS) is 28.8. The maximum atomic E-state index is 6.16. The van der Waals surface area contributed by atoms with E-state index in [1.807, 2.05) is 19.9 Å². The minimum atomic E-state index is -0.581. The Morgan fingerprint density at radius 3 is 2.91 bits per heavy atom. The maximum Gasteiger partial charge on any atom is 0.164 e. The van der Waals surface area contributed by atoms with Gasteiger partial charge in [0.25, 0.3) is 0 Å². The summed E-state index contributed by atoms with van der Waals surface area (Å²) in [4.78, 5) is 8.87. The minimum Gasteiger partial charge on any atom is -0.342 e. The smallest absolute Gasteiger partial charge is 0.164 e. The van der Waals surface area contributed by atoms with Crippen LogP contribution in [0.1, 0.15) is 32.5 Å². The maximum absolute atomic E-state index is 6.16. The van der Waals surface area contributed by atoms with Gasteiger partial charge >= 0.3 is 0 Å². The van der Waals surface area contributed by atoms with Crippen LogP contribution in [0.15, 0.2) is 42.9 Å². The van der Waals surface area contributed by atoms with Crippen LogP contribution in [0.5, 0.6) is 0 Å². The van der Waals surface area contributed by atoms with Gasteiger partial charge in [0.2, 0.25) is 0 Å². The molecule has 0 aromatic carbocycles. The van der Waals surface area contributed by atoms with Crippen molar-refractivity contribution in [2.45, 2.75) is 51.2 Å². The van der Waals surface area contributed by atoms with Crippen LogP contribution in [0.25, 0.3) is 11.0 Å². The van der Waals surface area contributed by atoms with Gasteiger partial charge in [-0.15, -0.1) is 0 Å². The summed E-state index contributed by atoms with van der Waals surface area (Å²) < 4.78 is 14.4. The van der Waals surface area contributed by atoms with Crippen molar-refractivity contribution in [1.82, 2.24) is 14.5 Å². The van der Waals surface area contributed by atoms with Crippen LogP contribution in [0.4, 0.5) is 0 Å². The standard InChI is InChI=1S/C18H21N3O2/c1-5-11-9-14(16-15(11)22-18(3,4)23-16)21-8-7-12-13(6-2)19-10-20-17(12)21/h5,7-10,14-16H,1,6H2,2-4H3/t14-,15-,16+/m1/s1. The van der Waals surface area contributed by atoms with E-state index in [4.69, 9.17) is 9.47 Å². The van der Waals surface area contributed by atoms with Crippen molar-refractivity contribution in [2.24, 2.45) is 0 Å². The van der Waals surface area contributed by atoms with E-state index < -0.39 is 5.79 Å². The van der Waals surface area contributed by atoms with Gasteiger partial charge in [-0.1, -0.05) is 25.7 Å². The average molecular weight is 311 g/mol. The number of hydrogen-bond donors (Lipinski definition) is 0. The molecule has 0 saturated carbocycles. The lowest BCUT2D eigenvalue weighted by Gasteiger charge is -2.22. The highest BCUT2D eigenvalue weighted by Crippen LogP contribution is 2.44. The molecule has 0 N–H and O–H groups in total. The van der Waals surface area contributed by atoms with E-state index >= 15 is 0 Å². The van der Waals surface area contributed by atoms with Crippen LogP contribution in [-0.2, 0) is 15.9 Å². The number of aryl methyl sites for hydroxylation is 1. The van der Waals surface area contributed by atoms with Gasteiger partial charge in [-0.3, -0.25) is 0 Å². The number of aromatic nitrogens is 3. The number of ether oxygens (including phenoxy) is 2. The summed E-state index contributed by atoms with van der Waals surface area (Å²) in [6, 6.07) is 2.14. The van der Waals surface area contributed by atoms with Gasteiger partial charge in [-0.2, -0.15) is 0 Å². The number of nitrogens with zero attached hydrogens (tertiary/aromatic N) is 3. The van der Waals surface area contributed by atoms with Crippen molar-refractivity contribution < 1.29 is 9.47 Å². The Labute approximate surface area is 135 Å². The Hall–Kier alpha value is -1.98. The summed E-state index contributed by atoms with van der Waals surface area (Å²) >= 11 is 0. The number of rotatable bonds is 3. The van der Waals surface area contributed by atoms with Gasteiger partial charge in [-0.25, -0.2) is 9.97 Å². The highest BCUT2D eigenvalue weighted by Gasteiger charge is 2.50. The van der Waals surface area contributed by atoms with E-state index in [9.17, 15) is 0 Å². The fourth-order valence-electron chi connectivity index (χ4n) is 3.65. The summed E-state index contributed by atoms with van der Waals surface area (Å²) in [6.45, 7) is 9.93. The quantitative estimate of drug-likeness (QED) is 0.873. The van der Waals surface area contributed by atoms with E-state index in [1.165, 1.54) is 0 Å². The molecular formula is C18H21N3O2. The molecule has 2 aromatic rings. The van der Waals surface area contributed by atoms with Crippen LogP contribution < -0.4 is 0 Å². The van der Waals surface area contributed by atoms with Crippen molar-refractivity contribution >= 4 is 11.0 Å². The fourth-order valence-corrected chi connectivity index (χ4v) is 3.65. The second-order valence-corrected chi connectivity index (χ2v) is 6.52. The predicted molar refractivity (Wildman–Crippen MR) is 88.0 cm³/mol. The minimum absolute atomic E-state index is 0.0480. The molecule has 0 spiro atoms. The molecule has 0 bridgehead atoms. The van der Waals surface area contributed by atoms with Crippen molar-refractivity contribution in [3.8, 4) is 0 Å². The summed E-state index contributed by atoms with van der Waals surface area (Å²) in [5.41, 5.74) is 3.09. The highest BCUT2D eigenvalue weighted by atomic mass is 16.8. The monoisotopic (exact) mass is 311 g/mol. The fraction of sp³-hybridized carbons (Fsp3) is 0.444. The molecule has 5 heteroatoms. The lowest BCUT2D eigenvalue weighted by Crippen LogP contribution is -2.27. The Bertz CT molecular complexity index is 806. The Morgan fingerprint density at radius 1 is 1.35 bits per heavy atom. The molecule has 3 heterocycles. The van der Waals surface area contributed by atoms with Gasteiger partial charge in [0, 0.05) is 11.6 Å². The Kier molecular flexibility index (Phi) is 3.18. The molecule has 1 aliphatic carbocycles. The zero-order chi connectivity index (χ0) is 16.2. The molecule has 1 aliphatic heterocycles. The van der Waals surface area contributed by atoms with Crippen LogP contribution in [0, 0.1) is 0 Å². The third-order valence-corrected chi connectivity index (χ3v) is 4.64. The second kappa shape index (κ2) is 5.01. The molecule has 23 heavy (non-hydrogen) atoms. The molecule has 1 fully saturated rings. The first kappa shape index (κ1) is 14.6. The summed E-state index contributed by atoms with van der Waals surface area (Å²) in [5, 5.41) is 1.10. The van der Waals surface area contributed by atoms with Crippen molar-refractivity contribution in [2.75, 3.05) is 0 Å². The van der Waals surface area contributed by atoms with Gasteiger partial charge in [-0.05, 0) is 31.9 Å². The predicted octanol–water partition coefficient (Wildman–Crippen LogP) is 3.18. The van der Waals surface area contributed by atoms with Crippen molar-refractivity contribution in [3.05, 3.63) is 48.6 Å². The summed E-state index contributed by atoms with van der Waals surface area (Å²) in [6.07, 6.45) is 8.49. The first-order chi connectivity index (χ1) is 11.0. The van der Waals surface area contributed by atoms with Crippen LogP contribution in [-0.4, -0.2) is 32.5 Å². The second-order valence-electron chi connectivity index (χ2n) is 6.52. The molecule has 120 valence electrons. The average Bonchev–Trinajstić information content (AvgIpc) is 3.17.